The van der Waals surface area contributed by atoms with Crippen molar-refractivity contribution in [3.63, 3.8) is 0 Å². The molecule has 162 valence electrons. The van der Waals surface area contributed by atoms with Gasteiger partial charge in [-0.2, -0.15) is 0 Å². The van der Waals surface area contributed by atoms with Gasteiger partial charge in [0, 0.05) is 11.8 Å². The lowest BCUT2D eigenvalue weighted by Crippen LogP contribution is -2.46. The lowest BCUT2D eigenvalue weighted by atomic mass is 10.1. The van der Waals surface area contributed by atoms with Gasteiger partial charge in [-0.1, -0.05) is 42.0 Å². The molecule has 0 N–H and O–H groups in total. The van der Waals surface area contributed by atoms with Crippen LogP contribution in [0.4, 0.5) is 0 Å². The van der Waals surface area contributed by atoms with E-state index in [4.69, 9.17) is 4.74 Å². The Kier molecular flexibility index (Phi) is 6.35. The van der Waals surface area contributed by atoms with Gasteiger partial charge in [-0.05, 0) is 25.5 Å². The third-order valence-corrected chi connectivity index (χ3v) is 5.87. The van der Waals surface area contributed by atoms with Crippen LogP contribution in [0.1, 0.15) is 43.1 Å². The molecule has 31 heavy (non-hydrogen) atoms. The standard InChI is InChI=1S/C22H21NO7S/c1-14-7-9-15(10-8-14)19(24)13-30-22(27)18(11-12-31(2,28)29)23-20(25)16-5-3-4-6-17(16)21(23)26/h3-10,18H,11-13H2,1-2H3/t18-/m0/s1. The number of hydrogen-bond donors (Lipinski definition) is 0. The van der Waals surface area contributed by atoms with Crippen molar-refractivity contribution in [1.29, 1.82) is 0 Å². The highest BCUT2D eigenvalue weighted by atomic mass is 32.2. The fourth-order valence-corrected chi connectivity index (χ4v) is 3.88. The van der Waals surface area contributed by atoms with Gasteiger partial charge < -0.3 is 4.74 Å². The molecule has 1 aliphatic rings. The molecular formula is C22H21NO7S. The molecule has 0 radical (unpaired) electrons. The van der Waals surface area contributed by atoms with Crippen LogP contribution in [0.5, 0.6) is 0 Å². The molecule has 0 saturated heterocycles. The number of imide groups is 1. The van der Waals surface area contributed by atoms with Crippen LogP contribution in [0.25, 0.3) is 0 Å². The Morgan fingerprint density at radius 3 is 2.03 bits per heavy atom. The van der Waals surface area contributed by atoms with E-state index in [2.05, 4.69) is 0 Å². The summed E-state index contributed by atoms with van der Waals surface area (Å²) in [5.74, 6) is -3.33. The fourth-order valence-electron chi connectivity index (χ4n) is 3.22. The number of hydrogen-bond acceptors (Lipinski definition) is 7. The van der Waals surface area contributed by atoms with Crippen LogP contribution in [0.3, 0.4) is 0 Å². The van der Waals surface area contributed by atoms with E-state index in [1.807, 2.05) is 6.92 Å². The maximum atomic E-state index is 12.8. The fraction of sp³-hybridized carbons (Fsp3) is 0.273. The van der Waals surface area contributed by atoms with E-state index < -0.39 is 51.8 Å². The Labute approximate surface area is 179 Å². The van der Waals surface area contributed by atoms with Gasteiger partial charge in [0.2, 0.25) is 0 Å². The third-order valence-electron chi connectivity index (χ3n) is 4.89. The van der Waals surface area contributed by atoms with Crippen LogP contribution < -0.4 is 0 Å². The molecule has 0 unspecified atom stereocenters. The van der Waals surface area contributed by atoms with Crippen molar-refractivity contribution in [3.05, 3.63) is 70.8 Å². The predicted molar refractivity (Wildman–Crippen MR) is 112 cm³/mol. The molecule has 9 heteroatoms. The Hall–Kier alpha value is -3.33. The van der Waals surface area contributed by atoms with E-state index >= 15 is 0 Å². The minimum absolute atomic E-state index is 0.125. The zero-order valence-electron chi connectivity index (χ0n) is 17.0. The molecule has 0 saturated carbocycles. The van der Waals surface area contributed by atoms with Gasteiger partial charge in [0.1, 0.15) is 15.9 Å². The van der Waals surface area contributed by atoms with E-state index in [-0.39, 0.29) is 17.5 Å². The number of ether oxygens (including phenoxy) is 1. The van der Waals surface area contributed by atoms with Gasteiger partial charge in [-0.15, -0.1) is 0 Å². The van der Waals surface area contributed by atoms with Gasteiger partial charge >= 0.3 is 5.97 Å². The average molecular weight is 443 g/mol. The summed E-state index contributed by atoms with van der Waals surface area (Å²) in [6, 6.07) is 11.3. The van der Waals surface area contributed by atoms with Crippen LogP contribution in [0.2, 0.25) is 0 Å². The van der Waals surface area contributed by atoms with Crippen LogP contribution in [0.15, 0.2) is 48.5 Å². The van der Waals surface area contributed by atoms with Crippen LogP contribution in [-0.4, -0.2) is 61.5 Å². The molecular weight excluding hydrogens is 422 g/mol. The summed E-state index contributed by atoms with van der Waals surface area (Å²) in [6.07, 6.45) is 0.653. The van der Waals surface area contributed by atoms with E-state index in [0.29, 0.717) is 10.5 Å². The van der Waals surface area contributed by atoms with Crippen molar-refractivity contribution in [2.45, 2.75) is 19.4 Å². The first-order chi connectivity index (χ1) is 14.6. The number of fused-ring (bicyclic) bond motifs is 1. The Morgan fingerprint density at radius 1 is 0.968 bits per heavy atom. The largest absolute Gasteiger partial charge is 0.456 e. The number of nitrogens with zero attached hydrogens (tertiary/aromatic N) is 1. The van der Waals surface area contributed by atoms with Crippen molar-refractivity contribution >= 4 is 33.4 Å². The van der Waals surface area contributed by atoms with Gasteiger partial charge in [-0.3, -0.25) is 19.3 Å². The SMILES string of the molecule is Cc1ccc(C(=O)COC(=O)[C@H](CCS(C)(=O)=O)N2C(=O)c3ccccc3C2=O)cc1. The summed E-state index contributed by atoms with van der Waals surface area (Å²) in [7, 11) is -3.49. The molecule has 3 rings (SSSR count). The summed E-state index contributed by atoms with van der Waals surface area (Å²) >= 11 is 0. The molecule has 0 bridgehead atoms. The van der Waals surface area contributed by atoms with Crippen molar-refractivity contribution < 1.29 is 32.3 Å². The maximum absolute atomic E-state index is 12.8. The first-order valence-electron chi connectivity index (χ1n) is 9.49. The Balaban J connectivity index is 1.79. The molecule has 8 nitrogen and oxygen atoms in total. The van der Waals surface area contributed by atoms with E-state index in [9.17, 15) is 27.6 Å². The van der Waals surface area contributed by atoms with Gasteiger partial charge in [0.15, 0.2) is 12.4 Å². The molecule has 0 fully saturated rings. The smallest absolute Gasteiger partial charge is 0.329 e. The molecule has 2 aromatic carbocycles. The van der Waals surface area contributed by atoms with E-state index in [1.165, 1.54) is 12.1 Å². The Bertz CT molecular complexity index is 1120. The van der Waals surface area contributed by atoms with Crippen molar-refractivity contribution in [2.75, 3.05) is 18.6 Å². The number of rotatable bonds is 8. The lowest BCUT2D eigenvalue weighted by molar-refractivity contribution is -0.147. The third kappa shape index (κ3) is 5.05. The number of carbonyl (C=O) groups is 4. The number of ketones is 1. The zero-order chi connectivity index (χ0) is 22.8. The summed E-state index contributed by atoms with van der Waals surface area (Å²) in [5, 5.41) is 0. The van der Waals surface area contributed by atoms with Crippen LogP contribution >= 0.6 is 0 Å². The van der Waals surface area contributed by atoms with Gasteiger partial charge in [0.05, 0.1) is 16.9 Å². The summed E-state index contributed by atoms with van der Waals surface area (Å²) in [5.41, 5.74) is 1.55. The predicted octanol–water partition coefficient (Wildman–Crippen LogP) is 1.82. The number of esters is 1. The first kappa shape index (κ1) is 22.4. The maximum Gasteiger partial charge on any atom is 0.329 e. The number of amides is 2. The number of sulfone groups is 1. The molecule has 0 aliphatic carbocycles. The Morgan fingerprint density at radius 2 is 1.52 bits per heavy atom. The summed E-state index contributed by atoms with van der Waals surface area (Å²) in [6.45, 7) is 1.27. The second kappa shape index (κ2) is 8.81. The van der Waals surface area contributed by atoms with Crippen molar-refractivity contribution in [1.82, 2.24) is 4.90 Å². The van der Waals surface area contributed by atoms with E-state index in [0.717, 1.165) is 11.8 Å². The molecule has 1 atom stereocenters. The number of benzene rings is 2. The minimum atomic E-state index is -3.49. The van der Waals surface area contributed by atoms with Gasteiger partial charge in [0.25, 0.3) is 11.8 Å². The molecule has 1 aliphatic heterocycles. The zero-order valence-corrected chi connectivity index (χ0v) is 17.8. The number of aryl methyl sites for hydroxylation is 1. The first-order valence-corrected chi connectivity index (χ1v) is 11.6. The minimum Gasteiger partial charge on any atom is -0.456 e. The van der Waals surface area contributed by atoms with E-state index in [1.54, 1.807) is 36.4 Å². The summed E-state index contributed by atoms with van der Waals surface area (Å²) in [4.78, 5) is 51.3. The topological polar surface area (TPSA) is 115 Å². The number of carbonyl (C=O) groups excluding carboxylic acids is 4. The molecule has 2 aromatic rings. The second-order valence-electron chi connectivity index (χ2n) is 7.36. The monoisotopic (exact) mass is 443 g/mol. The molecule has 1 heterocycles. The molecule has 0 spiro atoms. The lowest BCUT2D eigenvalue weighted by Gasteiger charge is -2.24. The van der Waals surface area contributed by atoms with Crippen molar-refractivity contribution in [2.24, 2.45) is 0 Å². The molecule has 0 aromatic heterocycles. The average Bonchev–Trinajstić information content (AvgIpc) is 2.97. The van der Waals surface area contributed by atoms with Crippen LogP contribution in [-0.2, 0) is 19.4 Å². The molecule has 2 amide bonds. The highest BCUT2D eigenvalue weighted by molar-refractivity contribution is 7.90. The summed E-state index contributed by atoms with van der Waals surface area (Å²) < 4.78 is 28.4. The highest BCUT2D eigenvalue weighted by Crippen LogP contribution is 2.26. The van der Waals surface area contributed by atoms with Gasteiger partial charge in [-0.25, -0.2) is 13.2 Å². The number of Topliss-reactive ketones (excluding diaryl/α,β-unsaturated/α-hetero) is 1. The van der Waals surface area contributed by atoms with Crippen molar-refractivity contribution in [3.8, 4) is 0 Å². The quantitative estimate of drug-likeness (QED) is 0.347. The highest BCUT2D eigenvalue weighted by Gasteiger charge is 2.43. The normalized spacial score (nSPS) is 14.3. The van der Waals surface area contributed by atoms with Crippen LogP contribution in [0, 0.1) is 6.92 Å². The second-order valence-corrected chi connectivity index (χ2v) is 9.62.